The van der Waals surface area contributed by atoms with Crippen LogP contribution in [0, 0.1) is 0 Å². The Bertz CT molecular complexity index is 602. The van der Waals surface area contributed by atoms with Crippen LogP contribution in [-0.4, -0.2) is 19.0 Å². The molecule has 0 aliphatic carbocycles. The molecule has 0 saturated carbocycles. The molecule has 0 fully saturated rings. The Labute approximate surface area is 113 Å². The number of fused-ring (bicyclic) bond motifs is 1. The number of Topliss-reactive ketones (excluding diaryl/α,β-unsaturated/α-hetero) is 1. The summed E-state index contributed by atoms with van der Waals surface area (Å²) in [6.45, 7) is 6.63. The molecule has 3 heteroatoms. The maximum absolute atomic E-state index is 11.6. The van der Waals surface area contributed by atoms with E-state index in [1.807, 2.05) is 38.1 Å². The third kappa shape index (κ3) is 2.87. The fourth-order valence-corrected chi connectivity index (χ4v) is 2.05. The lowest BCUT2D eigenvalue weighted by molar-refractivity contribution is 0.101. The van der Waals surface area contributed by atoms with Crippen LogP contribution >= 0.6 is 0 Å². The van der Waals surface area contributed by atoms with Crippen LogP contribution in [0.25, 0.3) is 10.8 Å². The summed E-state index contributed by atoms with van der Waals surface area (Å²) in [5, 5.41) is 1.96. The van der Waals surface area contributed by atoms with Gasteiger partial charge in [0.2, 0.25) is 0 Å². The van der Waals surface area contributed by atoms with Crippen LogP contribution in [0.5, 0.6) is 11.5 Å². The first-order valence-corrected chi connectivity index (χ1v) is 6.50. The van der Waals surface area contributed by atoms with Crippen LogP contribution in [0.4, 0.5) is 0 Å². The molecule has 3 nitrogen and oxygen atoms in total. The zero-order valence-electron chi connectivity index (χ0n) is 11.5. The van der Waals surface area contributed by atoms with Crippen LogP contribution in [0.1, 0.15) is 31.1 Å². The molecule has 0 unspecified atom stereocenters. The quantitative estimate of drug-likeness (QED) is 0.764. The molecule has 0 atom stereocenters. The lowest BCUT2D eigenvalue weighted by atomic mass is 10.0. The van der Waals surface area contributed by atoms with Gasteiger partial charge in [-0.05, 0) is 56.5 Å². The molecule has 0 heterocycles. The van der Waals surface area contributed by atoms with Crippen molar-refractivity contribution >= 4 is 16.6 Å². The number of hydrogen-bond donors (Lipinski definition) is 0. The van der Waals surface area contributed by atoms with E-state index < -0.39 is 0 Å². The van der Waals surface area contributed by atoms with Gasteiger partial charge in [-0.15, -0.1) is 0 Å². The predicted molar refractivity (Wildman–Crippen MR) is 76.3 cm³/mol. The van der Waals surface area contributed by atoms with E-state index in [0.29, 0.717) is 18.8 Å². The highest BCUT2D eigenvalue weighted by atomic mass is 16.5. The molecule has 0 spiro atoms. The van der Waals surface area contributed by atoms with Crippen molar-refractivity contribution < 1.29 is 14.3 Å². The Morgan fingerprint density at radius 2 is 1.79 bits per heavy atom. The minimum atomic E-state index is 0.0321. The van der Waals surface area contributed by atoms with Crippen LogP contribution in [-0.2, 0) is 0 Å². The molecule has 0 radical (unpaired) electrons. The van der Waals surface area contributed by atoms with Gasteiger partial charge in [-0.25, -0.2) is 0 Å². The summed E-state index contributed by atoms with van der Waals surface area (Å²) in [5.74, 6) is 1.58. The zero-order valence-corrected chi connectivity index (χ0v) is 11.5. The number of carbonyl (C=O) groups is 1. The number of carbonyl (C=O) groups excluding carboxylic acids is 1. The van der Waals surface area contributed by atoms with Crippen LogP contribution in [0.2, 0.25) is 0 Å². The standard InChI is InChI=1S/C16H18O3/c1-4-18-14-6-7-15-13(9-14)8-12(11(3)17)10-16(15)19-5-2/h6-10H,4-5H2,1-3H3. The largest absolute Gasteiger partial charge is 0.494 e. The molecule has 0 amide bonds. The summed E-state index contributed by atoms with van der Waals surface area (Å²) in [7, 11) is 0. The Morgan fingerprint density at radius 3 is 2.42 bits per heavy atom. The third-order valence-corrected chi connectivity index (χ3v) is 2.90. The van der Waals surface area contributed by atoms with E-state index in [4.69, 9.17) is 9.47 Å². The van der Waals surface area contributed by atoms with Gasteiger partial charge in [0.15, 0.2) is 5.78 Å². The highest BCUT2D eigenvalue weighted by molar-refractivity contribution is 6.01. The highest BCUT2D eigenvalue weighted by Gasteiger charge is 2.09. The van der Waals surface area contributed by atoms with Gasteiger partial charge in [0, 0.05) is 10.9 Å². The van der Waals surface area contributed by atoms with Gasteiger partial charge in [0.25, 0.3) is 0 Å². The van der Waals surface area contributed by atoms with E-state index in [0.717, 1.165) is 22.3 Å². The van der Waals surface area contributed by atoms with Crippen molar-refractivity contribution in [3.8, 4) is 11.5 Å². The van der Waals surface area contributed by atoms with E-state index in [9.17, 15) is 4.79 Å². The Kier molecular flexibility index (Phi) is 4.05. The van der Waals surface area contributed by atoms with E-state index in [2.05, 4.69) is 0 Å². The minimum Gasteiger partial charge on any atom is -0.494 e. The average molecular weight is 258 g/mol. The second kappa shape index (κ2) is 5.74. The van der Waals surface area contributed by atoms with E-state index in [-0.39, 0.29) is 5.78 Å². The Hall–Kier alpha value is -2.03. The maximum atomic E-state index is 11.6. The average Bonchev–Trinajstić information content (AvgIpc) is 2.38. The van der Waals surface area contributed by atoms with Gasteiger partial charge < -0.3 is 9.47 Å². The second-order valence-corrected chi connectivity index (χ2v) is 4.28. The molecular formula is C16H18O3. The van der Waals surface area contributed by atoms with Crippen LogP contribution in [0.3, 0.4) is 0 Å². The molecule has 2 aromatic carbocycles. The molecule has 2 aromatic rings. The number of ketones is 1. The smallest absolute Gasteiger partial charge is 0.159 e. The van der Waals surface area contributed by atoms with E-state index in [1.165, 1.54) is 0 Å². The van der Waals surface area contributed by atoms with E-state index in [1.54, 1.807) is 13.0 Å². The van der Waals surface area contributed by atoms with Crippen LogP contribution in [0.15, 0.2) is 30.3 Å². The van der Waals surface area contributed by atoms with Gasteiger partial charge in [-0.2, -0.15) is 0 Å². The van der Waals surface area contributed by atoms with Crippen molar-refractivity contribution in [1.82, 2.24) is 0 Å². The Morgan fingerprint density at radius 1 is 1.05 bits per heavy atom. The number of rotatable bonds is 5. The van der Waals surface area contributed by atoms with Gasteiger partial charge in [0.1, 0.15) is 11.5 Å². The fraction of sp³-hybridized carbons (Fsp3) is 0.312. The van der Waals surface area contributed by atoms with Crippen molar-refractivity contribution in [3.63, 3.8) is 0 Å². The normalized spacial score (nSPS) is 10.5. The molecule has 0 aliphatic heterocycles. The summed E-state index contributed by atoms with van der Waals surface area (Å²) < 4.78 is 11.1. The number of hydrogen-bond acceptors (Lipinski definition) is 3. The lowest BCUT2D eigenvalue weighted by Crippen LogP contribution is -1.98. The maximum Gasteiger partial charge on any atom is 0.159 e. The summed E-state index contributed by atoms with van der Waals surface area (Å²) in [6, 6.07) is 9.50. The molecule has 0 saturated heterocycles. The SMILES string of the molecule is CCOc1ccc2c(OCC)cc(C(C)=O)cc2c1. The molecule has 100 valence electrons. The summed E-state index contributed by atoms with van der Waals surface area (Å²) in [4.78, 5) is 11.6. The molecule has 0 bridgehead atoms. The van der Waals surface area contributed by atoms with Crippen molar-refractivity contribution in [2.45, 2.75) is 20.8 Å². The predicted octanol–water partition coefficient (Wildman–Crippen LogP) is 3.84. The summed E-state index contributed by atoms with van der Waals surface area (Å²) >= 11 is 0. The third-order valence-electron chi connectivity index (χ3n) is 2.90. The van der Waals surface area contributed by atoms with Crippen molar-refractivity contribution in [3.05, 3.63) is 35.9 Å². The van der Waals surface area contributed by atoms with Crippen LogP contribution < -0.4 is 9.47 Å². The monoisotopic (exact) mass is 258 g/mol. The van der Waals surface area contributed by atoms with Gasteiger partial charge >= 0.3 is 0 Å². The van der Waals surface area contributed by atoms with Gasteiger partial charge in [0.05, 0.1) is 13.2 Å². The highest BCUT2D eigenvalue weighted by Crippen LogP contribution is 2.31. The van der Waals surface area contributed by atoms with Crippen molar-refractivity contribution in [2.75, 3.05) is 13.2 Å². The first kappa shape index (κ1) is 13.4. The van der Waals surface area contributed by atoms with Gasteiger partial charge in [-0.1, -0.05) is 0 Å². The lowest BCUT2D eigenvalue weighted by Gasteiger charge is -2.11. The van der Waals surface area contributed by atoms with Crippen molar-refractivity contribution in [1.29, 1.82) is 0 Å². The Balaban J connectivity index is 2.61. The minimum absolute atomic E-state index is 0.0321. The number of ether oxygens (including phenoxy) is 2. The summed E-state index contributed by atoms with van der Waals surface area (Å²) in [5.41, 5.74) is 0.657. The second-order valence-electron chi connectivity index (χ2n) is 4.28. The zero-order chi connectivity index (χ0) is 13.8. The van der Waals surface area contributed by atoms with Crippen molar-refractivity contribution in [2.24, 2.45) is 0 Å². The molecule has 2 rings (SSSR count). The first-order valence-electron chi connectivity index (χ1n) is 6.50. The molecule has 0 aliphatic rings. The topological polar surface area (TPSA) is 35.5 Å². The summed E-state index contributed by atoms with van der Waals surface area (Å²) in [6.07, 6.45) is 0. The molecular weight excluding hydrogens is 240 g/mol. The fourth-order valence-electron chi connectivity index (χ4n) is 2.05. The van der Waals surface area contributed by atoms with E-state index >= 15 is 0 Å². The van der Waals surface area contributed by atoms with Gasteiger partial charge in [-0.3, -0.25) is 4.79 Å². The number of benzene rings is 2. The molecule has 0 N–H and O–H groups in total. The molecule has 19 heavy (non-hydrogen) atoms. The molecule has 0 aromatic heterocycles. The first-order chi connectivity index (χ1) is 9.15.